The van der Waals surface area contributed by atoms with Crippen molar-refractivity contribution >= 4 is 17.7 Å². The van der Waals surface area contributed by atoms with Gasteiger partial charge in [-0.25, -0.2) is 0 Å². The van der Waals surface area contributed by atoms with Crippen LogP contribution in [0.1, 0.15) is 65.2 Å². The Bertz CT molecular complexity index is 1080. The molecule has 2 aromatic rings. The SMILES string of the molecule is CSc1cn(CC2(O)CCN(C(=O)CCC3CCCCC3)CC2(C)C)c(=O)cc1-c1ccccc1. The highest BCUT2D eigenvalue weighted by molar-refractivity contribution is 7.98. The molecule has 2 fully saturated rings. The highest BCUT2D eigenvalue weighted by Gasteiger charge is 2.48. The molecule has 1 N–H and O–H groups in total. The first kappa shape index (κ1) is 26.0. The topological polar surface area (TPSA) is 62.5 Å². The van der Waals surface area contributed by atoms with E-state index in [9.17, 15) is 14.7 Å². The number of benzene rings is 1. The zero-order chi connectivity index (χ0) is 25.1. The molecule has 2 heterocycles. The minimum atomic E-state index is -1.07. The first-order valence-electron chi connectivity index (χ1n) is 13.1. The molecule has 6 heteroatoms. The van der Waals surface area contributed by atoms with E-state index in [4.69, 9.17) is 0 Å². The minimum absolute atomic E-state index is 0.114. The second-order valence-electron chi connectivity index (χ2n) is 11.1. The number of hydrogen-bond acceptors (Lipinski definition) is 4. The van der Waals surface area contributed by atoms with Gasteiger partial charge in [-0.3, -0.25) is 9.59 Å². The lowest BCUT2D eigenvalue weighted by Crippen LogP contribution is -2.60. The van der Waals surface area contributed by atoms with E-state index in [-0.39, 0.29) is 18.0 Å². The number of aliphatic hydroxyl groups is 1. The van der Waals surface area contributed by atoms with Crippen LogP contribution in [0, 0.1) is 11.3 Å². The summed E-state index contributed by atoms with van der Waals surface area (Å²) in [7, 11) is 0. The van der Waals surface area contributed by atoms with Crippen LogP contribution in [0.3, 0.4) is 0 Å². The number of nitrogens with zero attached hydrogens (tertiary/aromatic N) is 2. The Kier molecular flexibility index (Phi) is 8.12. The minimum Gasteiger partial charge on any atom is -0.387 e. The van der Waals surface area contributed by atoms with Crippen LogP contribution in [-0.4, -0.2) is 45.4 Å². The van der Waals surface area contributed by atoms with Crippen LogP contribution in [0.25, 0.3) is 11.1 Å². The smallest absolute Gasteiger partial charge is 0.251 e. The van der Waals surface area contributed by atoms with Gasteiger partial charge in [0, 0.05) is 47.6 Å². The normalized spacial score (nSPS) is 22.8. The number of carbonyl (C=O) groups is 1. The fraction of sp³-hybridized carbons (Fsp3) is 0.586. The number of aromatic nitrogens is 1. The molecule has 1 saturated carbocycles. The molecule has 1 unspecified atom stereocenters. The summed E-state index contributed by atoms with van der Waals surface area (Å²) in [6, 6.07) is 11.6. The average molecular weight is 497 g/mol. The quantitative estimate of drug-likeness (QED) is 0.508. The van der Waals surface area contributed by atoms with E-state index < -0.39 is 11.0 Å². The number of amides is 1. The van der Waals surface area contributed by atoms with Crippen molar-refractivity contribution in [1.82, 2.24) is 9.47 Å². The number of pyridine rings is 1. The molecule has 1 aromatic heterocycles. The van der Waals surface area contributed by atoms with E-state index in [1.54, 1.807) is 22.4 Å². The molecular formula is C29H40N2O3S. The zero-order valence-corrected chi connectivity index (χ0v) is 22.3. The Balaban J connectivity index is 1.46. The lowest BCUT2D eigenvalue weighted by Gasteiger charge is -2.50. The van der Waals surface area contributed by atoms with E-state index in [1.165, 1.54) is 32.1 Å². The van der Waals surface area contributed by atoms with Gasteiger partial charge in [-0.1, -0.05) is 76.3 Å². The van der Waals surface area contributed by atoms with Gasteiger partial charge in [0.1, 0.15) is 0 Å². The van der Waals surface area contributed by atoms with E-state index in [1.807, 2.05) is 61.5 Å². The number of thioether (sulfide) groups is 1. The van der Waals surface area contributed by atoms with E-state index >= 15 is 0 Å². The molecule has 0 radical (unpaired) electrons. The Hall–Kier alpha value is -2.05. The number of carbonyl (C=O) groups excluding carboxylic acids is 1. The van der Waals surface area contributed by atoms with Gasteiger partial charge in [0.15, 0.2) is 0 Å². The Labute approximate surface area is 213 Å². The standard InChI is InChI=1S/C29H40N2O3S/c1-28(2)20-30(26(32)15-14-22-10-6-4-7-11-22)17-16-29(28,34)21-31-19-25(35-3)24(18-27(31)33)23-12-8-5-9-13-23/h5,8-9,12-13,18-19,22,34H,4,6-7,10-11,14-17,20-21H2,1-3H3. The molecule has 1 atom stereocenters. The van der Waals surface area contributed by atoms with Crippen LogP contribution in [0.4, 0.5) is 0 Å². The second kappa shape index (κ2) is 10.9. The maximum absolute atomic E-state index is 13.1. The average Bonchev–Trinajstić information content (AvgIpc) is 2.86. The van der Waals surface area contributed by atoms with Crippen molar-refractivity contribution in [2.75, 3.05) is 19.3 Å². The molecule has 1 aliphatic carbocycles. The fourth-order valence-electron chi connectivity index (χ4n) is 5.79. The van der Waals surface area contributed by atoms with Gasteiger partial charge < -0.3 is 14.6 Å². The van der Waals surface area contributed by atoms with Crippen LogP contribution in [0.15, 0.2) is 52.3 Å². The molecule has 1 aromatic carbocycles. The third-order valence-electron chi connectivity index (χ3n) is 8.31. The first-order chi connectivity index (χ1) is 16.7. The predicted molar refractivity (Wildman–Crippen MR) is 144 cm³/mol. The van der Waals surface area contributed by atoms with Crippen molar-refractivity contribution in [3.63, 3.8) is 0 Å². The number of likely N-dealkylation sites (tertiary alicyclic amines) is 1. The number of piperidine rings is 1. The molecular weight excluding hydrogens is 456 g/mol. The van der Waals surface area contributed by atoms with Gasteiger partial charge in [-0.2, -0.15) is 0 Å². The van der Waals surface area contributed by atoms with Crippen LogP contribution >= 0.6 is 11.8 Å². The van der Waals surface area contributed by atoms with E-state index in [0.717, 1.165) is 22.4 Å². The summed E-state index contributed by atoms with van der Waals surface area (Å²) in [5.41, 5.74) is 0.227. The lowest BCUT2D eigenvalue weighted by atomic mass is 9.69. The zero-order valence-electron chi connectivity index (χ0n) is 21.5. The highest BCUT2D eigenvalue weighted by atomic mass is 32.2. The van der Waals surface area contributed by atoms with Crippen LogP contribution < -0.4 is 5.56 Å². The molecule has 0 bridgehead atoms. The van der Waals surface area contributed by atoms with Gasteiger partial charge in [0.25, 0.3) is 5.56 Å². The molecule has 1 aliphatic heterocycles. The Morgan fingerprint density at radius 3 is 2.51 bits per heavy atom. The Morgan fingerprint density at radius 1 is 1.14 bits per heavy atom. The van der Waals surface area contributed by atoms with Gasteiger partial charge >= 0.3 is 0 Å². The third-order valence-corrected chi connectivity index (χ3v) is 9.08. The van der Waals surface area contributed by atoms with Gasteiger partial charge in [0.05, 0.1) is 12.1 Å². The monoisotopic (exact) mass is 496 g/mol. The fourth-order valence-corrected chi connectivity index (χ4v) is 6.42. The van der Waals surface area contributed by atoms with Crippen LogP contribution in [-0.2, 0) is 11.3 Å². The summed E-state index contributed by atoms with van der Waals surface area (Å²) in [6.45, 7) is 5.32. The summed E-state index contributed by atoms with van der Waals surface area (Å²) >= 11 is 1.60. The maximum Gasteiger partial charge on any atom is 0.251 e. The first-order valence-corrected chi connectivity index (χ1v) is 14.3. The Morgan fingerprint density at radius 2 is 1.86 bits per heavy atom. The highest BCUT2D eigenvalue weighted by Crippen LogP contribution is 2.40. The van der Waals surface area contributed by atoms with Crippen LogP contribution in [0.5, 0.6) is 0 Å². The van der Waals surface area contributed by atoms with Gasteiger partial charge in [0.2, 0.25) is 5.91 Å². The van der Waals surface area contributed by atoms with E-state index in [2.05, 4.69) is 0 Å². The van der Waals surface area contributed by atoms with Crippen LogP contribution in [0.2, 0.25) is 0 Å². The van der Waals surface area contributed by atoms with Crippen molar-refractivity contribution in [2.24, 2.45) is 11.3 Å². The summed E-state index contributed by atoms with van der Waals surface area (Å²) < 4.78 is 1.65. The molecule has 2 aliphatic rings. The summed E-state index contributed by atoms with van der Waals surface area (Å²) in [4.78, 5) is 29.0. The maximum atomic E-state index is 13.1. The second-order valence-corrected chi connectivity index (χ2v) is 12.0. The number of hydrogen-bond donors (Lipinski definition) is 1. The largest absolute Gasteiger partial charge is 0.387 e. The summed E-state index contributed by atoms with van der Waals surface area (Å²) in [5, 5.41) is 11.8. The van der Waals surface area contributed by atoms with E-state index in [0.29, 0.717) is 31.8 Å². The lowest BCUT2D eigenvalue weighted by molar-refractivity contribution is -0.154. The molecule has 1 saturated heterocycles. The van der Waals surface area contributed by atoms with Gasteiger partial charge in [-0.05, 0) is 30.6 Å². The summed E-state index contributed by atoms with van der Waals surface area (Å²) in [6.07, 6.45) is 12.4. The molecule has 0 spiro atoms. The molecule has 35 heavy (non-hydrogen) atoms. The van der Waals surface area contributed by atoms with Crippen molar-refractivity contribution in [1.29, 1.82) is 0 Å². The van der Waals surface area contributed by atoms with Crippen molar-refractivity contribution < 1.29 is 9.90 Å². The van der Waals surface area contributed by atoms with Crippen molar-refractivity contribution in [2.45, 2.75) is 82.3 Å². The molecule has 190 valence electrons. The predicted octanol–water partition coefficient (Wildman–Crippen LogP) is 5.59. The van der Waals surface area contributed by atoms with Crippen molar-refractivity contribution in [3.8, 4) is 11.1 Å². The molecule has 1 amide bonds. The number of rotatable bonds is 7. The molecule has 4 rings (SSSR count). The molecule has 5 nitrogen and oxygen atoms in total. The van der Waals surface area contributed by atoms with Gasteiger partial charge in [-0.15, -0.1) is 11.8 Å². The van der Waals surface area contributed by atoms with Crippen molar-refractivity contribution in [3.05, 3.63) is 52.9 Å². The third kappa shape index (κ3) is 5.86. The summed E-state index contributed by atoms with van der Waals surface area (Å²) in [5.74, 6) is 0.901.